The highest BCUT2D eigenvalue weighted by atomic mass is 16.6. The molecule has 0 aliphatic heterocycles. The Balaban J connectivity index is 1.56. The van der Waals surface area contributed by atoms with E-state index in [0.29, 0.717) is 78.5 Å². The molecule has 0 aliphatic carbocycles. The molecule has 0 heterocycles. The lowest BCUT2D eigenvalue weighted by molar-refractivity contribution is -0.156. The van der Waals surface area contributed by atoms with E-state index in [-0.39, 0.29) is 44.4 Å². The largest absolute Gasteiger partial charge is 0.460 e. The summed E-state index contributed by atoms with van der Waals surface area (Å²) in [7, 11) is 0. The maximum Gasteiger partial charge on any atom is 0.408 e. The second-order valence-electron chi connectivity index (χ2n) is 12.6. The van der Waals surface area contributed by atoms with Crippen molar-refractivity contribution in [2.75, 3.05) is 59.4 Å². The standard InChI is InChI=1S/C38H56N2O11/c1-38(2,3)51-35(42)19-22-46-24-26-48-28-27-47-25-23-45-21-12-18-34(41)33(40-37(44)50-30-32-15-8-5-9-16-32)17-10-11-20-39-36(43)49-29-31-13-6-4-7-14-31/h4-9,13-16,33H,10-12,17-30H2,1-3H3,(H,39,43)(H,40,44)/t33-/m0/s1. The van der Waals surface area contributed by atoms with Crippen LogP contribution in [0.5, 0.6) is 0 Å². The molecule has 0 unspecified atom stereocenters. The number of hydrogen-bond acceptors (Lipinski definition) is 11. The zero-order valence-electron chi connectivity index (χ0n) is 30.4. The molecule has 2 N–H and O–H groups in total. The lowest BCUT2D eigenvalue weighted by Gasteiger charge is -2.19. The van der Waals surface area contributed by atoms with Crippen LogP contribution < -0.4 is 10.6 Å². The molecule has 0 spiro atoms. The monoisotopic (exact) mass is 716 g/mol. The van der Waals surface area contributed by atoms with Crippen LogP contribution in [0.25, 0.3) is 0 Å². The van der Waals surface area contributed by atoms with E-state index in [1.54, 1.807) is 0 Å². The minimum Gasteiger partial charge on any atom is -0.460 e. The van der Waals surface area contributed by atoms with Gasteiger partial charge in [-0.1, -0.05) is 60.7 Å². The molecule has 2 aromatic carbocycles. The van der Waals surface area contributed by atoms with Crippen molar-refractivity contribution in [3.63, 3.8) is 0 Å². The molecule has 2 aromatic rings. The summed E-state index contributed by atoms with van der Waals surface area (Å²) in [4.78, 5) is 49.2. The normalized spacial score (nSPS) is 11.7. The van der Waals surface area contributed by atoms with E-state index >= 15 is 0 Å². The molecule has 0 radical (unpaired) electrons. The molecular weight excluding hydrogens is 660 g/mol. The van der Waals surface area contributed by atoms with Gasteiger partial charge in [0, 0.05) is 19.6 Å². The highest BCUT2D eigenvalue weighted by molar-refractivity contribution is 5.87. The Morgan fingerprint density at radius 2 is 1.12 bits per heavy atom. The number of ether oxygens (including phenoxy) is 7. The molecule has 284 valence electrons. The maximum absolute atomic E-state index is 13.1. The third-order valence-corrected chi connectivity index (χ3v) is 6.99. The quantitative estimate of drug-likeness (QED) is 0.0681. The third-order valence-electron chi connectivity index (χ3n) is 6.99. The number of unbranched alkanes of at least 4 members (excludes halogenated alkanes) is 1. The summed E-state index contributed by atoms with van der Waals surface area (Å²) in [5.74, 6) is -0.409. The maximum atomic E-state index is 13.1. The summed E-state index contributed by atoms with van der Waals surface area (Å²) in [6.45, 7) is 9.10. The van der Waals surface area contributed by atoms with E-state index in [2.05, 4.69) is 10.6 Å². The van der Waals surface area contributed by atoms with Crippen LogP contribution in [0.1, 0.15) is 70.4 Å². The Morgan fingerprint density at radius 3 is 1.67 bits per heavy atom. The number of esters is 1. The van der Waals surface area contributed by atoms with Gasteiger partial charge in [0.05, 0.1) is 58.7 Å². The highest BCUT2D eigenvalue weighted by Gasteiger charge is 2.21. The van der Waals surface area contributed by atoms with Gasteiger partial charge >= 0.3 is 18.2 Å². The molecule has 1 atom stereocenters. The van der Waals surface area contributed by atoms with Crippen molar-refractivity contribution in [2.24, 2.45) is 0 Å². The molecule has 13 nitrogen and oxygen atoms in total. The predicted molar refractivity (Wildman–Crippen MR) is 190 cm³/mol. The number of benzene rings is 2. The zero-order chi connectivity index (χ0) is 37.0. The van der Waals surface area contributed by atoms with Crippen LogP contribution in [0.2, 0.25) is 0 Å². The summed E-state index contributed by atoms with van der Waals surface area (Å²) in [6, 6.07) is 18.0. The SMILES string of the molecule is CC(C)(C)OC(=O)CCOCCOCCOCCOCCCC(=O)[C@H](CCCCNC(=O)OCc1ccccc1)NC(=O)OCc1ccccc1. The van der Waals surface area contributed by atoms with Crippen molar-refractivity contribution in [3.8, 4) is 0 Å². The Labute approximate surface area is 302 Å². The topological polar surface area (TPSA) is 157 Å². The van der Waals surface area contributed by atoms with Gasteiger partial charge in [0.15, 0.2) is 5.78 Å². The fourth-order valence-electron chi connectivity index (χ4n) is 4.49. The van der Waals surface area contributed by atoms with E-state index in [0.717, 1.165) is 11.1 Å². The fourth-order valence-corrected chi connectivity index (χ4v) is 4.49. The van der Waals surface area contributed by atoms with Gasteiger partial charge in [0.1, 0.15) is 18.8 Å². The lowest BCUT2D eigenvalue weighted by atomic mass is 10.0. The first-order valence-electron chi connectivity index (χ1n) is 17.6. The number of hydrogen-bond donors (Lipinski definition) is 2. The summed E-state index contributed by atoms with van der Waals surface area (Å²) in [6.07, 6.45) is 1.32. The van der Waals surface area contributed by atoms with E-state index in [9.17, 15) is 19.2 Å². The molecule has 0 aromatic heterocycles. The molecular formula is C38H56N2O11. The molecule has 0 bridgehead atoms. The summed E-state index contributed by atoms with van der Waals surface area (Å²) in [5.41, 5.74) is 1.23. The van der Waals surface area contributed by atoms with Gasteiger partial charge in [-0.15, -0.1) is 0 Å². The van der Waals surface area contributed by atoms with E-state index in [4.69, 9.17) is 33.2 Å². The van der Waals surface area contributed by atoms with Crippen molar-refractivity contribution in [1.29, 1.82) is 0 Å². The number of nitrogens with one attached hydrogen (secondary N) is 2. The van der Waals surface area contributed by atoms with Crippen LogP contribution in [0, 0.1) is 0 Å². The lowest BCUT2D eigenvalue weighted by Crippen LogP contribution is -2.41. The number of carbonyl (C=O) groups excluding carboxylic acids is 4. The first kappa shape index (κ1) is 43.1. The predicted octanol–water partition coefficient (Wildman–Crippen LogP) is 5.53. The van der Waals surface area contributed by atoms with Gasteiger partial charge in [-0.25, -0.2) is 9.59 Å². The first-order valence-corrected chi connectivity index (χ1v) is 17.6. The molecule has 0 aliphatic rings. The van der Waals surface area contributed by atoms with Crippen molar-refractivity contribution < 1.29 is 52.3 Å². The first-order chi connectivity index (χ1) is 24.6. The van der Waals surface area contributed by atoms with Crippen LogP contribution in [-0.2, 0) is 56.0 Å². The number of ketones is 1. The number of carbonyl (C=O) groups is 4. The fraction of sp³-hybridized carbons (Fsp3) is 0.579. The Kier molecular flexibility index (Phi) is 22.6. The van der Waals surface area contributed by atoms with Crippen LogP contribution in [0.4, 0.5) is 9.59 Å². The summed E-state index contributed by atoms with van der Waals surface area (Å²) < 4.78 is 37.7. The highest BCUT2D eigenvalue weighted by Crippen LogP contribution is 2.09. The summed E-state index contributed by atoms with van der Waals surface area (Å²) in [5, 5.41) is 5.43. The van der Waals surface area contributed by atoms with Crippen LogP contribution >= 0.6 is 0 Å². The molecule has 0 saturated heterocycles. The molecule has 0 fully saturated rings. The second kappa shape index (κ2) is 26.7. The van der Waals surface area contributed by atoms with Crippen molar-refractivity contribution in [2.45, 2.75) is 84.2 Å². The Hall–Kier alpha value is -4.04. The van der Waals surface area contributed by atoms with E-state index in [1.807, 2.05) is 81.4 Å². The van der Waals surface area contributed by atoms with Crippen LogP contribution in [-0.4, -0.2) is 95.0 Å². The smallest absolute Gasteiger partial charge is 0.408 e. The Bertz CT molecular complexity index is 1240. The number of alkyl carbamates (subject to hydrolysis) is 2. The Morgan fingerprint density at radius 1 is 0.608 bits per heavy atom. The van der Waals surface area contributed by atoms with Gasteiger partial charge in [-0.3, -0.25) is 9.59 Å². The number of amides is 2. The second-order valence-corrected chi connectivity index (χ2v) is 12.6. The summed E-state index contributed by atoms with van der Waals surface area (Å²) >= 11 is 0. The van der Waals surface area contributed by atoms with Crippen molar-refractivity contribution in [3.05, 3.63) is 71.8 Å². The minimum absolute atomic E-state index is 0.0937. The molecule has 51 heavy (non-hydrogen) atoms. The van der Waals surface area contributed by atoms with Gasteiger partial charge < -0.3 is 43.8 Å². The van der Waals surface area contributed by atoms with Crippen LogP contribution in [0.3, 0.4) is 0 Å². The van der Waals surface area contributed by atoms with Crippen LogP contribution in [0.15, 0.2) is 60.7 Å². The molecule has 2 amide bonds. The van der Waals surface area contributed by atoms with Gasteiger partial charge in [0.25, 0.3) is 0 Å². The molecule has 2 rings (SSSR count). The van der Waals surface area contributed by atoms with Crippen molar-refractivity contribution >= 4 is 23.9 Å². The van der Waals surface area contributed by atoms with Gasteiger partial charge in [-0.05, 0) is 57.6 Å². The third kappa shape index (κ3) is 23.9. The number of Topliss-reactive ketones (excluding diaryl/α,β-unsaturated/α-hetero) is 1. The van der Waals surface area contributed by atoms with E-state index in [1.165, 1.54) is 0 Å². The average Bonchev–Trinajstić information content (AvgIpc) is 3.10. The van der Waals surface area contributed by atoms with Gasteiger partial charge in [0.2, 0.25) is 0 Å². The van der Waals surface area contributed by atoms with Crippen molar-refractivity contribution in [1.82, 2.24) is 10.6 Å². The number of rotatable bonds is 27. The van der Waals surface area contributed by atoms with Gasteiger partial charge in [-0.2, -0.15) is 0 Å². The molecule has 0 saturated carbocycles. The zero-order valence-corrected chi connectivity index (χ0v) is 30.4. The minimum atomic E-state index is -0.725. The molecule has 13 heteroatoms. The average molecular weight is 717 g/mol. The van der Waals surface area contributed by atoms with E-state index < -0.39 is 23.8 Å².